The molecule has 0 spiro atoms. The third kappa shape index (κ3) is 1.77. The van der Waals surface area contributed by atoms with Crippen molar-refractivity contribution in [1.82, 2.24) is 4.90 Å². The van der Waals surface area contributed by atoms with Gasteiger partial charge in [0.05, 0.1) is 0 Å². The summed E-state index contributed by atoms with van der Waals surface area (Å²) in [4.78, 5) is 2.61. The molecule has 0 radical (unpaired) electrons. The molecule has 1 aliphatic carbocycles. The van der Waals surface area contributed by atoms with E-state index in [9.17, 15) is 0 Å². The summed E-state index contributed by atoms with van der Waals surface area (Å²) >= 11 is 6.32. The van der Waals surface area contributed by atoms with Crippen LogP contribution >= 0.6 is 11.6 Å². The molecule has 1 heterocycles. The van der Waals surface area contributed by atoms with E-state index in [0.717, 1.165) is 0 Å². The molecule has 70 valence electrons. The van der Waals surface area contributed by atoms with Gasteiger partial charge in [0.1, 0.15) is 0 Å². The molecule has 2 aliphatic rings. The Morgan fingerprint density at radius 1 is 0.917 bits per heavy atom. The zero-order valence-corrected chi connectivity index (χ0v) is 8.39. The Kier molecular flexibility index (Phi) is 2.92. The van der Waals surface area contributed by atoms with Crippen LogP contribution in [0.1, 0.15) is 38.5 Å². The second-order valence-corrected chi connectivity index (χ2v) is 4.67. The van der Waals surface area contributed by atoms with Gasteiger partial charge in [-0.2, -0.15) is 0 Å². The molecule has 0 unspecified atom stereocenters. The van der Waals surface area contributed by atoms with Crippen molar-refractivity contribution in [3.8, 4) is 0 Å². The largest absolute Gasteiger partial charge is 0.299 e. The van der Waals surface area contributed by atoms with Crippen molar-refractivity contribution in [2.24, 2.45) is 0 Å². The number of hydrogen-bond acceptors (Lipinski definition) is 1. The van der Waals surface area contributed by atoms with Crippen LogP contribution in [0.25, 0.3) is 0 Å². The van der Waals surface area contributed by atoms with Crippen LogP contribution in [0.3, 0.4) is 0 Å². The number of rotatable bonds is 1. The molecule has 1 nitrogen and oxygen atoms in total. The minimum absolute atomic E-state index is 0.442. The fraction of sp³-hybridized carbons (Fsp3) is 1.00. The van der Waals surface area contributed by atoms with E-state index in [1.807, 2.05) is 0 Å². The Morgan fingerprint density at radius 2 is 1.58 bits per heavy atom. The third-order valence-corrected chi connectivity index (χ3v) is 3.77. The van der Waals surface area contributed by atoms with Crippen molar-refractivity contribution in [2.45, 2.75) is 49.9 Å². The van der Waals surface area contributed by atoms with Crippen molar-refractivity contribution >= 4 is 11.6 Å². The second-order valence-electron chi connectivity index (χ2n) is 4.11. The summed E-state index contributed by atoms with van der Waals surface area (Å²) in [6, 6.07) is 0.711. The predicted molar refractivity (Wildman–Crippen MR) is 52.7 cm³/mol. The van der Waals surface area contributed by atoms with E-state index in [4.69, 9.17) is 11.6 Å². The van der Waals surface area contributed by atoms with E-state index in [1.165, 1.54) is 51.6 Å². The van der Waals surface area contributed by atoms with Gasteiger partial charge in [-0.05, 0) is 38.8 Å². The van der Waals surface area contributed by atoms with Crippen LogP contribution in [0, 0.1) is 0 Å². The lowest BCUT2D eigenvalue weighted by Crippen LogP contribution is -2.41. The highest BCUT2D eigenvalue weighted by Gasteiger charge is 2.29. The molecule has 1 aliphatic heterocycles. The van der Waals surface area contributed by atoms with Crippen LogP contribution in [0.2, 0.25) is 0 Å². The van der Waals surface area contributed by atoms with Gasteiger partial charge in [0.15, 0.2) is 0 Å². The molecule has 0 bridgehead atoms. The Labute approximate surface area is 80.1 Å². The van der Waals surface area contributed by atoms with Crippen LogP contribution in [0.15, 0.2) is 0 Å². The monoisotopic (exact) mass is 187 g/mol. The molecule has 2 rings (SSSR count). The highest BCUT2D eigenvalue weighted by Crippen LogP contribution is 2.29. The smallest absolute Gasteiger partial charge is 0.0491 e. The molecule has 0 N–H and O–H groups in total. The molecule has 1 saturated carbocycles. The summed E-state index contributed by atoms with van der Waals surface area (Å²) < 4.78 is 0. The Hall–Kier alpha value is 0.250. The first-order valence-corrected chi connectivity index (χ1v) is 5.70. The fourth-order valence-electron chi connectivity index (χ4n) is 2.55. The molecular formula is C10H18ClN. The van der Waals surface area contributed by atoms with Crippen molar-refractivity contribution in [2.75, 3.05) is 13.1 Å². The van der Waals surface area contributed by atoms with Gasteiger partial charge in [-0.3, -0.25) is 4.90 Å². The van der Waals surface area contributed by atoms with Crippen LogP contribution in [0.5, 0.6) is 0 Å². The number of halogens is 1. The van der Waals surface area contributed by atoms with E-state index in [2.05, 4.69) is 4.90 Å². The first kappa shape index (κ1) is 8.83. The average molecular weight is 188 g/mol. The second kappa shape index (κ2) is 3.97. The number of likely N-dealkylation sites (tertiary alicyclic amines) is 1. The molecule has 0 amide bonds. The van der Waals surface area contributed by atoms with Crippen LogP contribution in [-0.2, 0) is 0 Å². The highest BCUT2D eigenvalue weighted by atomic mass is 35.5. The Bertz CT molecular complexity index is 143. The number of alkyl halides is 1. The maximum atomic E-state index is 6.32. The zero-order valence-electron chi connectivity index (χ0n) is 7.64. The first-order chi connectivity index (χ1) is 5.88. The minimum Gasteiger partial charge on any atom is -0.299 e. The van der Waals surface area contributed by atoms with E-state index >= 15 is 0 Å². The lowest BCUT2D eigenvalue weighted by atomic mass is 9.94. The van der Waals surface area contributed by atoms with Crippen LogP contribution in [0.4, 0.5) is 0 Å². The number of nitrogens with zero attached hydrogens (tertiary/aromatic N) is 1. The minimum atomic E-state index is 0.442. The summed E-state index contributed by atoms with van der Waals surface area (Å²) in [6.45, 7) is 2.60. The SMILES string of the molecule is Cl[C@@H]1CCCC[C@H]1N1CCCC1. The van der Waals surface area contributed by atoms with Crippen molar-refractivity contribution in [3.05, 3.63) is 0 Å². The molecule has 2 atom stereocenters. The highest BCUT2D eigenvalue weighted by molar-refractivity contribution is 6.21. The van der Waals surface area contributed by atoms with Gasteiger partial charge >= 0.3 is 0 Å². The summed E-state index contributed by atoms with van der Waals surface area (Å²) in [7, 11) is 0. The maximum absolute atomic E-state index is 6.32. The van der Waals surface area contributed by atoms with Crippen molar-refractivity contribution < 1.29 is 0 Å². The maximum Gasteiger partial charge on any atom is 0.0491 e. The normalized spacial score (nSPS) is 38.8. The lowest BCUT2D eigenvalue weighted by molar-refractivity contribution is 0.195. The quantitative estimate of drug-likeness (QED) is 0.571. The zero-order chi connectivity index (χ0) is 8.39. The molecule has 0 aromatic carbocycles. The molecule has 0 aromatic rings. The van der Waals surface area contributed by atoms with Gasteiger partial charge in [-0.1, -0.05) is 12.8 Å². The van der Waals surface area contributed by atoms with Crippen molar-refractivity contribution in [1.29, 1.82) is 0 Å². The van der Waals surface area contributed by atoms with Gasteiger partial charge in [0, 0.05) is 11.4 Å². The molecule has 2 heteroatoms. The summed E-state index contributed by atoms with van der Waals surface area (Å²) in [5.41, 5.74) is 0. The van der Waals surface area contributed by atoms with Gasteiger partial charge in [-0.15, -0.1) is 11.6 Å². The summed E-state index contributed by atoms with van der Waals surface area (Å²) in [6.07, 6.45) is 8.10. The topological polar surface area (TPSA) is 3.24 Å². The molecular weight excluding hydrogens is 170 g/mol. The third-order valence-electron chi connectivity index (χ3n) is 3.26. The lowest BCUT2D eigenvalue weighted by Gasteiger charge is -2.34. The predicted octanol–water partition coefficient (Wildman–Crippen LogP) is 2.63. The summed E-state index contributed by atoms with van der Waals surface area (Å²) in [5, 5.41) is 0.442. The van der Waals surface area contributed by atoms with Crippen LogP contribution < -0.4 is 0 Å². The van der Waals surface area contributed by atoms with E-state index in [0.29, 0.717) is 11.4 Å². The molecule has 12 heavy (non-hydrogen) atoms. The van der Waals surface area contributed by atoms with Crippen molar-refractivity contribution in [3.63, 3.8) is 0 Å². The van der Waals surface area contributed by atoms with E-state index < -0.39 is 0 Å². The van der Waals surface area contributed by atoms with Crippen LogP contribution in [-0.4, -0.2) is 29.4 Å². The molecule has 2 fully saturated rings. The van der Waals surface area contributed by atoms with Gasteiger partial charge < -0.3 is 0 Å². The standard InChI is InChI=1S/C10H18ClN/c11-9-5-1-2-6-10(9)12-7-3-4-8-12/h9-10H,1-8H2/t9-,10-/m1/s1. The van der Waals surface area contributed by atoms with E-state index in [1.54, 1.807) is 0 Å². The van der Waals surface area contributed by atoms with Gasteiger partial charge in [0.25, 0.3) is 0 Å². The van der Waals surface area contributed by atoms with Gasteiger partial charge in [-0.25, -0.2) is 0 Å². The molecule has 1 saturated heterocycles. The summed E-state index contributed by atoms with van der Waals surface area (Å²) in [5.74, 6) is 0. The Balaban J connectivity index is 1.91. The number of hydrogen-bond donors (Lipinski definition) is 0. The fourth-order valence-corrected chi connectivity index (χ4v) is 2.99. The molecule has 0 aromatic heterocycles. The Morgan fingerprint density at radius 3 is 2.25 bits per heavy atom. The van der Waals surface area contributed by atoms with Gasteiger partial charge in [0.2, 0.25) is 0 Å². The average Bonchev–Trinajstić information content (AvgIpc) is 2.57. The van der Waals surface area contributed by atoms with E-state index in [-0.39, 0.29) is 0 Å². The first-order valence-electron chi connectivity index (χ1n) is 5.26.